The molecule has 2 aromatic rings. The highest BCUT2D eigenvalue weighted by molar-refractivity contribution is 5.92. The van der Waals surface area contributed by atoms with Gasteiger partial charge in [0.15, 0.2) is 0 Å². The average Bonchev–Trinajstić information content (AvgIpc) is 2.63. The van der Waals surface area contributed by atoms with Gasteiger partial charge in [-0.2, -0.15) is 0 Å². The van der Waals surface area contributed by atoms with Crippen molar-refractivity contribution in [2.24, 2.45) is 0 Å². The van der Waals surface area contributed by atoms with E-state index >= 15 is 0 Å². The van der Waals surface area contributed by atoms with Gasteiger partial charge in [-0.05, 0) is 36.6 Å². The third kappa shape index (κ3) is 4.89. The molecule has 0 saturated carbocycles. The van der Waals surface area contributed by atoms with Crippen LogP contribution < -0.4 is 20.1 Å². The van der Waals surface area contributed by atoms with E-state index in [2.05, 4.69) is 17.6 Å². The fourth-order valence-electron chi connectivity index (χ4n) is 2.66. The van der Waals surface area contributed by atoms with Crippen LogP contribution in [0, 0.1) is 6.92 Å². The molecule has 25 heavy (non-hydrogen) atoms. The normalized spacial score (nSPS) is 10.2. The Bertz CT molecular complexity index is 729. The maximum Gasteiger partial charge on any atom is 0.226 e. The van der Waals surface area contributed by atoms with Crippen molar-refractivity contribution in [1.82, 2.24) is 0 Å². The van der Waals surface area contributed by atoms with Crippen LogP contribution >= 0.6 is 0 Å². The number of benzene rings is 2. The Morgan fingerprint density at radius 3 is 2.60 bits per heavy atom. The maximum atomic E-state index is 12.3. The summed E-state index contributed by atoms with van der Waals surface area (Å²) in [4.78, 5) is 12.3. The predicted octanol–water partition coefficient (Wildman–Crippen LogP) is 4.02. The van der Waals surface area contributed by atoms with E-state index < -0.39 is 0 Å². The molecule has 0 saturated heterocycles. The quantitative estimate of drug-likeness (QED) is 0.761. The number of hydrogen-bond acceptors (Lipinski definition) is 4. The Labute approximate surface area is 149 Å². The summed E-state index contributed by atoms with van der Waals surface area (Å²) in [5.41, 5.74) is 3.99. The summed E-state index contributed by atoms with van der Waals surface area (Å²) in [5.74, 6) is 1.41. The highest BCUT2D eigenvalue weighted by Crippen LogP contribution is 2.29. The zero-order valence-corrected chi connectivity index (χ0v) is 15.3. The van der Waals surface area contributed by atoms with Gasteiger partial charge in [-0.3, -0.25) is 4.79 Å². The van der Waals surface area contributed by atoms with Crippen molar-refractivity contribution in [2.75, 3.05) is 31.4 Å². The number of ether oxygens (including phenoxy) is 2. The Morgan fingerprint density at radius 2 is 1.92 bits per heavy atom. The van der Waals surface area contributed by atoms with Gasteiger partial charge in [0, 0.05) is 24.7 Å². The summed E-state index contributed by atoms with van der Waals surface area (Å²) in [6.07, 6.45) is 1.26. The molecule has 0 spiro atoms. The summed E-state index contributed by atoms with van der Waals surface area (Å²) in [7, 11) is 3.22. The Kier molecular flexibility index (Phi) is 6.69. The predicted molar refractivity (Wildman–Crippen MR) is 102 cm³/mol. The van der Waals surface area contributed by atoms with E-state index in [4.69, 9.17) is 9.47 Å². The summed E-state index contributed by atoms with van der Waals surface area (Å²) >= 11 is 0. The van der Waals surface area contributed by atoms with Crippen molar-refractivity contribution in [3.05, 3.63) is 47.5 Å². The Balaban J connectivity index is 1.93. The second-order valence-corrected chi connectivity index (χ2v) is 5.75. The Hall–Kier alpha value is -2.69. The SMILES string of the molecule is CCc1cccc(C)c1NC(=O)CCNc1ccc(OC)cc1OC. The van der Waals surface area contributed by atoms with Crippen LogP contribution in [0.5, 0.6) is 11.5 Å². The number of carbonyl (C=O) groups excluding carboxylic acids is 1. The second-order valence-electron chi connectivity index (χ2n) is 5.75. The molecule has 0 aromatic heterocycles. The molecule has 2 rings (SSSR count). The largest absolute Gasteiger partial charge is 0.497 e. The van der Waals surface area contributed by atoms with Gasteiger partial charge >= 0.3 is 0 Å². The zero-order chi connectivity index (χ0) is 18.2. The molecular formula is C20H26N2O3. The molecule has 0 aliphatic heterocycles. The van der Waals surface area contributed by atoms with Gasteiger partial charge in [-0.15, -0.1) is 0 Å². The van der Waals surface area contributed by atoms with Crippen LogP contribution in [-0.4, -0.2) is 26.7 Å². The Morgan fingerprint density at radius 1 is 1.12 bits per heavy atom. The topological polar surface area (TPSA) is 59.6 Å². The van der Waals surface area contributed by atoms with E-state index in [0.717, 1.165) is 34.7 Å². The number of carbonyl (C=O) groups is 1. The number of hydrogen-bond donors (Lipinski definition) is 2. The molecular weight excluding hydrogens is 316 g/mol. The minimum Gasteiger partial charge on any atom is -0.497 e. The van der Waals surface area contributed by atoms with Gasteiger partial charge in [0.1, 0.15) is 11.5 Å². The van der Waals surface area contributed by atoms with Crippen molar-refractivity contribution in [3.8, 4) is 11.5 Å². The molecule has 2 N–H and O–H groups in total. The molecule has 0 aliphatic carbocycles. The van der Waals surface area contributed by atoms with Gasteiger partial charge < -0.3 is 20.1 Å². The lowest BCUT2D eigenvalue weighted by Gasteiger charge is -2.14. The van der Waals surface area contributed by atoms with Crippen LogP contribution in [0.1, 0.15) is 24.5 Å². The standard InChI is InChI=1S/C20H26N2O3/c1-5-15-8-6-7-14(2)20(15)22-19(23)11-12-21-17-10-9-16(24-3)13-18(17)25-4/h6-10,13,21H,5,11-12H2,1-4H3,(H,22,23). The molecule has 134 valence electrons. The van der Waals surface area contributed by atoms with E-state index in [0.29, 0.717) is 18.7 Å². The molecule has 0 heterocycles. The third-order valence-electron chi connectivity index (χ3n) is 4.08. The summed E-state index contributed by atoms with van der Waals surface area (Å²) in [6.45, 7) is 4.61. The molecule has 0 bridgehead atoms. The fraction of sp³-hybridized carbons (Fsp3) is 0.350. The minimum absolute atomic E-state index is 0.0102. The van der Waals surface area contributed by atoms with E-state index in [9.17, 15) is 4.79 Å². The summed E-state index contributed by atoms with van der Waals surface area (Å²) in [6, 6.07) is 11.6. The number of para-hydroxylation sites is 1. The molecule has 0 unspecified atom stereocenters. The highest BCUT2D eigenvalue weighted by Gasteiger charge is 2.09. The maximum absolute atomic E-state index is 12.3. The lowest BCUT2D eigenvalue weighted by atomic mass is 10.1. The van der Waals surface area contributed by atoms with Gasteiger partial charge in [0.05, 0.1) is 19.9 Å². The number of rotatable bonds is 8. The number of anilines is 2. The molecule has 0 radical (unpaired) electrons. The summed E-state index contributed by atoms with van der Waals surface area (Å²) in [5, 5.41) is 6.27. The third-order valence-corrected chi connectivity index (χ3v) is 4.08. The van der Waals surface area contributed by atoms with Crippen LogP contribution in [0.25, 0.3) is 0 Å². The molecule has 2 aromatic carbocycles. The smallest absolute Gasteiger partial charge is 0.226 e. The van der Waals surface area contributed by atoms with Crippen molar-refractivity contribution >= 4 is 17.3 Å². The van der Waals surface area contributed by atoms with E-state index in [1.807, 2.05) is 43.3 Å². The van der Waals surface area contributed by atoms with Gasteiger partial charge in [0.25, 0.3) is 0 Å². The first-order valence-electron chi connectivity index (χ1n) is 8.43. The summed E-state index contributed by atoms with van der Waals surface area (Å²) < 4.78 is 10.5. The number of methoxy groups -OCH3 is 2. The minimum atomic E-state index is -0.0102. The number of amides is 1. The zero-order valence-electron chi connectivity index (χ0n) is 15.3. The monoisotopic (exact) mass is 342 g/mol. The van der Waals surface area contributed by atoms with E-state index in [1.165, 1.54) is 0 Å². The molecule has 5 heteroatoms. The van der Waals surface area contributed by atoms with Crippen molar-refractivity contribution < 1.29 is 14.3 Å². The van der Waals surface area contributed by atoms with Crippen molar-refractivity contribution in [3.63, 3.8) is 0 Å². The van der Waals surface area contributed by atoms with Crippen molar-refractivity contribution in [1.29, 1.82) is 0 Å². The molecule has 5 nitrogen and oxygen atoms in total. The average molecular weight is 342 g/mol. The van der Waals surface area contributed by atoms with Gasteiger partial charge in [-0.25, -0.2) is 0 Å². The van der Waals surface area contributed by atoms with Crippen molar-refractivity contribution in [2.45, 2.75) is 26.7 Å². The lowest BCUT2D eigenvalue weighted by Crippen LogP contribution is -2.18. The molecule has 0 aliphatic rings. The van der Waals surface area contributed by atoms with E-state index in [1.54, 1.807) is 14.2 Å². The van der Waals surface area contributed by atoms with Crippen LogP contribution in [-0.2, 0) is 11.2 Å². The first-order chi connectivity index (χ1) is 12.1. The van der Waals surface area contributed by atoms with Gasteiger partial charge in [0.2, 0.25) is 5.91 Å². The fourth-order valence-corrected chi connectivity index (χ4v) is 2.66. The molecule has 1 amide bonds. The number of nitrogens with one attached hydrogen (secondary N) is 2. The lowest BCUT2D eigenvalue weighted by molar-refractivity contribution is -0.116. The van der Waals surface area contributed by atoms with Crippen LogP contribution in [0.2, 0.25) is 0 Å². The number of aryl methyl sites for hydroxylation is 2. The van der Waals surface area contributed by atoms with Crippen LogP contribution in [0.15, 0.2) is 36.4 Å². The second kappa shape index (κ2) is 8.97. The van der Waals surface area contributed by atoms with Crippen LogP contribution in [0.4, 0.5) is 11.4 Å². The highest BCUT2D eigenvalue weighted by atomic mass is 16.5. The first kappa shape index (κ1) is 18.6. The first-order valence-corrected chi connectivity index (χ1v) is 8.43. The van der Waals surface area contributed by atoms with Crippen LogP contribution in [0.3, 0.4) is 0 Å². The van der Waals surface area contributed by atoms with E-state index in [-0.39, 0.29) is 5.91 Å². The molecule has 0 atom stereocenters. The van der Waals surface area contributed by atoms with Gasteiger partial charge in [-0.1, -0.05) is 25.1 Å². The molecule has 0 fully saturated rings.